The largest absolute Gasteiger partial charge is 0.465 e. The smallest absolute Gasteiger partial charge is 0.319 e. The van der Waals surface area contributed by atoms with Crippen LogP contribution in [0.3, 0.4) is 0 Å². The number of ether oxygens (including phenoxy) is 1. The zero-order valence-corrected chi connectivity index (χ0v) is 11.9. The molecule has 1 aliphatic heterocycles. The van der Waals surface area contributed by atoms with E-state index in [1.165, 1.54) is 6.42 Å². The molecule has 0 saturated heterocycles. The fourth-order valence-electron chi connectivity index (χ4n) is 2.00. The lowest BCUT2D eigenvalue weighted by Gasteiger charge is -2.13. The lowest BCUT2D eigenvalue weighted by Crippen LogP contribution is -2.20. The maximum atomic E-state index is 12.1. The predicted octanol–water partition coefficient (Wildman–Crippen LogP) is 4.21. The van der Waals surface area contributed by atoms with Gasteiger partial charge in [-0.3, -0.25) is 4.79 Å². The summed E-state index contributed by atoms with van der Waals surface area (Å²) in [4.78, 5) is 13.2. The maximum Gasteiger partial charge on any atom is 0.319 e. The van der Waals surface area contributed by atoms with E-state index in [1.54, 1.807) is 11.8 Å². The summed E-state index contributed by atoms with van der Waals surface area (Å²) in [6.07, 6.45) is 9.46. The number of hydrogen-bond donors (Lipinski definition) is 0. The Hall–Kier alpha value is -1.22. The number of carbonyl (C=O) groups is 1. The molecule has 2 rings (SSSR count). The van der Waals surface area contributed by atoms with Crippen molar-refractivity contribution in [1.29, 1.82) is 0 Å². The molecule has 1 atom stereocenters. The number of esters is 1. The van der Waals surface area contributed by atoms with Crippen LogP contribution in [0.5, 0.6) is 0 Å². The fraction of sp³-hybridized carbons (Fsp3) is 0.438. The third-order valence-corrected chi connectivity index (χ3v) is 4.27. The maximum absolute atomic E-state index is 12.1. The van der Waals surface area contributed by atoms with Crippen LogP contribution in [0.15, 0.2) is 47.4 Å². The summed E-state index contributed by atoms with van der Waals surface area (Å²) < 4.78 is 5.37. The molecular formula is C16H20O2S. The van der Waals surface area contributed by atoms with Gasteiger partial charge in [-0.05, 0) is 44.2 Å². The number of thioether (sulfide) groups is 1. The standard InChI is InChI=1S/C16H20O2S/c17-16-15(19-14-10-6-5-7-11-14)12-8-3-1-2-4-9-13-18-16/h3,5-8,10-11,15H,1-2,4,9,12-13H2/b8-3-. The van der Waals surface area contributed by atoms with E-state index in [1.807, 2.05) is 30.3 Å². The first-order valence-corrected chi connectivity index (χ1v) is 7.77. The van der Waals surface area contributed by atoms with Crippen LogP contribution in [0, 0.1) is 0 Å². The Morgan fingerprint density at radius 3 is 2.74 bits per heavy atom. The summed E-state index contributed by atoms with van der Waals surface area (Å²) in [7, 11) is 0. The van der Waals surface area contributed by atoms with E-state index >= 15 is 0 Å². The second kappa shape index (κ2) is 8.05. The van der Waals surface area contributed by atoms with Crippen molar-refractivity contribution in [2.45, 2.75) is 42.2 Å². The highest BCUT2D eigenvalue weighted by Gasteiger charge is 2.20. The van der Waals surface area contributed by atoms with Crippen LogP contribution in [0.25, 0.3) is 0 Å². The first kappa shape index (κ1) is 14.2. The minimum Gasteiger partial charge on any atom is -0.465 e. The molecule has 2 nitrogen and oxygen atoms in total. The average molecular weight is 276 g/mol. The van der Waals surface area contributed by atoms with Gasteiger partial charge < -0.3 is 4.74 Å². The van der Waals surface area contributed by atoms with E-state index in [-0.39, 0.29) is 11.2 Å². The lowest BCUT2D eigenvalue weighted by molar-refractivity contribution is -0.143. The molecule has 1 unspecified atom stereocenters. The van der Waals surface area contributed by atoms with Crippen molar-refractivity contribution in [3.05, 3.63) is 42.5 Å². The summed E-state index contributed by atoms with van der Waals surface area (Å²) >= 11 is 1.59. The number of cyclic esters (lactones) is 1. The van der Waals surface area contributed by atoms with Crippen molar-refractivity contribution in [3.63, 3.8) is 0 Å². The summed E-state index contributed by atoms with van der Waals surface area (Å²) in [5.41, 5.74) is 0. The number of hydrogen-bond acceptors (Lipinski definition) is 3. The predicted molar refractivity (Wildman–Crippen MR) is 79.3 cm³/mol. The van der Waals surface area contributed by atoms with E-state index in [4.69, 9.17) is 4.74 Å². The van der Waals surface area contributed by atoms with Crippen LogP contribution >= 0.6 is 11.8 Å². The molecule has 0 spiro atoms. The normalized spacial score (nSPS) is 23.2. The van der Waals surface area contributed by atoms with Crippen LogP contribution in [-0.2, 0) is 9.53 Å². The first-order valence-electron chi connectivity index (χ1n) is 6.89. The molecule has 0 fully saturated rings. The van der Waals surface area contributed by atoms with Gasteiger partial charge in [0, 0.05) is 4.90 Å². The molecule has 1 aromatic carbocycles. The number of carbonyl (C=O) groups excluding carboxylic acids is 1. The van der Waals surface area contributed by atoms with Crippen LogP contribution in [-0.4, -0.2) is 17.8 Å². The van der Waals surface area contributed by atoms with E-state index in [9.17, 15) is 4.79 Å². The fourth-order valence-corrected chi connectivity index (χ4v) is 3.01. The van der Waals surface area contributed by atoms with Gasteiger partial charge in [-0.25, -0.2) is 0 Å². The summed E-state index contributed by atoms with van der Waals surface area (Å²) in [6.45, 7) is 0.560. The summed E-state index contributed by atoms with van der Waals surface area (Å²) in [6, 6.07) is 10.0. The van der Waals surface area contributed by atoms with Crippen molar-refractivity contribution in [2.24, 2.45) is 0 Å². The second-order valence-corrected chi connectivity index (χ2v) is 5.92. The van der Waals surface area contributed by atoms with Crippen LogP contribution < -0.4 is 0 Å². The van der Waals surface area contributed by atoms with Crippen LogP contribution in [0.2, 0.25) is 0 Å². The third-order valence-electron chi connectivity index (χ3n) is 3.06. The van der Waals surface area contributed by atoms with Gasteiger partial charge in [-0.2, -0.15) is 0 Å². The monoisotopic (exact) mass is 276 g/mol. The Morgan fingerprint density at radius 2 is 1.89 bits per heavy atom. The van der Waals surface area contributed by atoms with Gasteiger partial charge in [0.15, 0.2) is 0 Å². The van der Waals surface area contributed by atoms with E-state index in [2.05, 4.69) is 12.2 Å². The van der Waals surface area contributed by atoms with E-state index in [0.717, 1.165) is 30.6 Å². The molecule has 0 saturated carbocycles. The Balaban J connectivity index is 2.00. The number of rotatable bonds is 2. The van der Waals surface area contributed by atoms with Gasteiger partial charge in [-0.15, -0.1) is 11.8 Å². The van der Waals surface area contributed by atoms with Gasteiger partial charge in [0.1, 0.15) is 5.25 Å². The minimum atomic E-state index is -0.128. The Bertz CT molecular complexity index is 414. The van der Waals surface area contributed by atoms with E-state index in [0.29, 0.717) is 6.61 Å². The molecule has 0 radical (unpaired) electrons. The van der Waals surface area contributed by atoms with Crippen LogP contribution in [0.4, 0.5) is 0 Å². The van der Waals surface area contributed by atoms with Gasteiger partial charge in [0.25, 0.3) is 0 Å². The van der Waals surface area contributed by atoms with Gasteiger partial charge in [0.05, 0.1) is 6.61 Å². The Morgan fingerprint density at radius 1 is 1.05 bits per heavy atom. The molecule has 1 aromatic rings. The number of benzene rings is 1. The van der Waals surface area contributed by atoms with Crippen LogP contribution in [0.1, 0.15) is 32.1 Å². The molecule has 1 aliphatic rings. The Kier molecular flexibility index (Phi) is 6.02. The molecule has 0 N–H and O–H groups in total. The highest BCUT2D eigenvalue weighted by Crippen LogP contribution is 2.27. The number of allylic oxidation sites excluding steroid dienone is 2. The molecule has 0 bridgehead atoms. The molecule has 102 valence electrons. The summed E-state index contributed by atoms with van der Waals surface area (Å²) in [5.74, 6) is -0.0830. The Labute approximate surface area is 119 Å². The lowest BCUT2D eigenvalue weighted by atomic mass is 10.2. The van der Waals surface area contributed by atoms with Crippen molar-refractivity contribution in [1.82, 2.24) is 0 Å². The highest BCUT2D eigenvalue weighted by molar-refractivity contribution is 8.00. The van der Waals surface area contributed by atoms with Crippen molar-refractivity contribution < 1.29 is 9.53 Å². The topological polar surface area (TPSA) is 26.3 Å². The zero-order valence-electron chi connectivity index (χ0n) is 11.1. The molecule has 0 aliphatic carbocycles. The van der Waals surface area contributed by atoms with Gasteiger partial charge in [-0.1, -0.05) is 30.4 Å². The summed E-state index contributed by atoms with van der Waals surface area (Å²) in [5, 5.41) is -0.128. The quantitative estimate of drug-likeness (QED) is 0.598. The van der Waals surface area contributed by atoms with Crippen molar-refractivity contribution >= 4 is 17.7 Å². The van der Waals surface area contributed by atoms with Gasteiger partial charge >= 0.3 is 5.97 Å². The molecule has 19 heavy (non-hydrogen) atoms. The SMILES string of the molecule is O=C1OCCCCC/C=C\CC1Sc1ccccc1. The zero-order chi connectivity index (χ0) is 13.3. The molecule has 0 amide bonds. The molecular weight excluding hydrogens is 256 g/mol. The highest BCUT2D eigenvalue weighted by atomic mass is 32.2. The first-order chi connectivity index (χ1) is 9.36. The van der Waals surface area contributed by atoms with Gasteiger partial charge in [0.2, 0.25) is 0 Å². The van der Waals surface area contributed by atoms with Crippen molar-refractivity contribution in [3.8, 4) is 0 Å². The molecule has 3 heteroatoms. The minimum absolute atomic E-state index is 0.0830. The van der Waals surface area contributed by atoms with E-state index < -0.39 is 0 Å². The molecule has 0 aromatic heterocycles. The molecule has 1 heterocycles. The third kappa shape index (κ3) is 5.11. The average Bonchev–Trinajstić information content (AvgIpc) is 2.48. The van der Waals surface area contributed by atoms with Crippen molar-refractivity contribution in [2.75, 3.05) is 6.61 Å². The second-order valence-electron chi connectivity index (χ2n) is 4.64.